The summed E-state index contributed by atoms with van der Waals surface area (Å²) in [5.74, 6) is 0.872. The average molecular weight is 266 g/mol. The maximum Gasteiger partial charge on any atom is 0.132 e. The molecule has 0 atom stereocenters. The van der Waals surface area contributed by atoms with Crippen LogP contribution in [0.1, 0.15) is 19.4 Å². The van der Waals surface area contributed by atoms with Crippen LogP contribution < -0.4 is 4.90 Å². The molecular weight excluding hydrogens is 248 g/mol. The van der Waals surface area contributed by atoms with E-state index in [1.165, 1.54) is 0 Å². The van der Waals surface area contributed by atoms with Crippen molar-refractivity contribution in [1.82, 2.24) is 9.97 Å². The maximum atomic E-state index is 9.16. The molecule has 0 amide bonds. The number of nitriles is 1. The minimum atomic E-state index is -0.473. The summed E-state index contributed by atoms with van der Waals surface area (Å²) in [7, 11) is 3.90. The van der Waals surface area contributed by atoms with E-state index in [-0.39, 0.29) is 0 Å². The predicted octanol–water partition coefficient (Wildman–Crippen LogP) is 3.01. The second-order valence-corrected chi connectivity index (χ2v) is 5.47. The molecule has 0 aliphatic heterocycles. The van der Waals surface area contributed by atoms with E-state index in [1.807, 2.05) is 63.2 Å². The molecule has 0 saturated heterocycles. The highest BCUT2D eigenvalue weighted by Crippen LogP contribution is 2.26. The Morgan fingerprint density at radius 1 is 1.10 bits per heavy atom. The summed E-state index contributed by atoms with van der Waals surface area (Å²) in [4.78, 5) is 10.5. The van der Waals surface area contributed by atoms with Crippen LogP contribution in [0, 0.1) is 11.3 Å². The van der Waals surface area contributed by atoms with E-state index in [0.717, 1.165) is 22.6 Å². The molecule has 102 valence electrons. The standard InChI is InChI=1S/C16H18N4/c1-16(2,10-17)13-7-5-12(6-8-13)14-9-15(20(3)4)19-11-18-14/h5-9,11H,1-4H3. The third kappa shape index (κ3) is 2.77. The van der Waals surface area contributed by atoms with Crippen molar-refractivity contribution < 1.29 is 0 Å². The molecule has 0 fully saturated rings. The number of nitrogens with zero attached hydrogens (tertiary/aromatic N) is 4. The van der Waals surface area contributed by atoms with Crippen molar-refractivity contribution in [2.75, 3.05) is 19.0 Å². The van der Waals surface area contributed by atoms with Gasteiger partial charge in [-0.15, -0.1) is 0 Å². The van der Waals surface area contributed by atoms with Crippen LogP contribution in [0.15, 0.2) is 36.7 Å². The Labute approximate surface area is 119 Å². The van der Waals surface area contributed by atoms with Gasteiger partial charge < -0.3 is 4.90 Å². The number of benzene rings is 1. The summed E-state index contributed by atoms with van der Waals surface area (Å²) in [6.07, 6.45) is 1.57. The highest BCUT2D eigenvalue weighted by atomic mass is 15.1. The second-order valence-electron chi connectivity index (χ2n) is 5.47. The molecule has 4 heteroatoms. The Morgan fingerprint density at radius 3 is 2.30 bits per heavy atom. The van der Waals surface area contributed by atoms with Gasteiger partial charge in [0.05, 0.1) is 17.2 Å². The van der Waals surface area contributed by atoms with Gasteiger partial charge in [-0.2, -0.15) is 5.26 Å². The van der Waals surface area contributed by atoms with Crippen molar-refractivity contribution in [2.24, 2.45) is 0 Å². The number of anilines is 1. The molecule has 2 aromatic rings. The van der Waals surface area contributed by atoms with Crippen molar-refractivity contribution in [3.05, 3.63) is 42.2 Å². The lowest BCUT2D eigenvalue weighted by Crippen LogP contribution is -2.13. The van der Waals surface area contributed by atoms with Gasteiger partial charge in [0.15, 0.2) is 0 Å². The predicted molar refractivity (Wildman–Crippen MR) is 80.4 cm³/mol. The largest absolute Gasteiger partial charge is 0.363 e. The van der Waals surface area contributed by atoms with E-state index in [1.54, 1.807) is 6.33 Å². The van der Waals surface area contributed by atoms with Crippen LogP contribution >= 0.6 is 0 Å². The molecule has 0 radical (unpaired) electrons. The Kier molecular flexibility index (Phi) is 3.71. The molecule has 1 aromatic heterocycles. The molecule has 0 bridgehead atoms. The first kappa shape index (κ1) is 14.0. The van der Waals surface area contributed by atoms with Gasteiger partial charge in [0, 0.05) is 25.7 Å². The maximum absolute atomic E-state index is 9.16. The number of aromatic nitrogens is 2. The van der Waals surface area contributed by atoms with Gasteiger partial charge in [0.1, 0.15) is 12.1 Å². The number of hydrogen-bond acceptors (Lipinski definition) is 4. The molecule has 0 unspecified atom stereocenters. The zero-order chi connectivity index (χ0) is 14.8. The van der Waals surface area contributed by atoms with Gasteiger partial charge in [0.2, 0.25) is 0 Å². The Bertz CT molecular complexity index is 636. The summed E-state index contributed by atoms with van der Waals surface area (Å²) in [5.41, 5.74) is 2.43. The molecule has 0 aliphatic carbocycles. The molecule has 0 spiro atoms. The lowest BCUT2D eigenvalue weighted by atomic mass is 9.86. The molecule has 1 aromatic carbocycles. The van der Waals surface area contributed by atoms with Crippen LogP contribution in [-0.4, -0.2) is 24.1 Å². The van der Waals surface area contributed by atoms with Crippen molar-refractivity contribution in [3.8, 4) is 17.3 Å². The summed E-state index contributed by atoms with van der Waals surface area (Å²) < 4.78 is 0. The zero-order valence-corrected chi connectivity index (χ0v) is 12.3. The summed E-state index contributed by atoms with van der Waals surface area (Å²) in [6, 6.07) is 12.2. The van der Waals surface area contributed by atoms with Gasteiger partial charge in [-0.3, -0.25) is 0 Å². The molecule has 0 aliphatic rings. The molecule has 20 heavy (non-hydrogen) atoms. The van der Waals surface area contributed by atoms with Gasteiger partial charge in [-0.25, -0.2) is 9.97 Å². The summed E-state index contributed by atoms with van der Waals surface area (Å²) in [6.45, 7) is 3.83. The average Bonchev–Trinajstić information content (AvgIpc) is 2.47. The van der Waals surface area contributed by atoms with Crippen LogP contribution in [0.5, 0.6) is 0 Å². The highest BCUT2D eigenvalue weighted by Gasteiger charge is 2.19. The van der Waals surface area contributed by atoms with Crippen LogP contribution in [0.4, 0.5) is 5.82 Å². The van der Waals surface area contributed by atoms with Gasteiger partial charge in [-0.1, -0.05) is 24.3 Å². The number of hydrogen-bond donors (Lipinski definition) is 0. The topological polar surface area (TPSA) is 52.8 Å². The Balaban J connectivity index is 2.36. The van der Waals surface area contributed by atoms with Crippen LogP contribution in [0.2, 0.25) is 0 Å². The van der Waals surface area contributed by atoms with Crippen molar-refractivity contribution in [3.63, 3.8) is 0 Å². The molecular formula is C16H18N4. The molecule has 2 rings (SSSR count). The lowest BCUT2D eigenvalue weighted by Gasteiger charge is -2.16. The van der Waals surface area contributed by atoms with E-state index in [2.05, 4.69) is 16.0 Å². The first-order valence-corrected chi connectivity index (χ1v) is 6.45. The van der Waals surface area contributed by atoms with Gasteiger partial charge in [0.25, 0.3) is 0 Å². The van der Waals surface area contributed by atoms with E-state index in [4.69, 9.17) is 5.26 Å². The quantitative estimate of drug-likeness (QED) is 0.857. The first-order valence-electron chi connectivity index (χ1n) is 6.45. The minimum absolute atomic E-state index is 0.473. The van der Waals surface area contributed by atoms with Crippen LogP contribution in [0.25, 0.3) is 11.3 Å². The lowest BCUT2D eigenvalue weighted by molar-refractivity contribution is 0.687. The normalized spacial score (nSPS) is 10.9. The summed E-state index contributed by atoms with van der Waals surface area (Å²) >= 11 is 0. The first-order chi connectivity index (χ1) is 9.44. The second kappa shape index (κ2) is 5.30. The van der Waals surface area contributed by atoms with Gasteiger partial charge in [-0.05, 0) is 19.4 Å². The molecule has 0 saturated carbocycles. The van der Waals surface area contributed by atoms with E-state index in [9.17, 15) is 0 Å². The third-order valence-corrected chi connectivity index (χ3v) is 3.29. The van der Waals surface area contributed by atoms with Crippen molar-refractivity contribution in [1.29, 1.82) is 5.26 Å². The van der Waals surface area contributed by atoms with Crippen molar-refractivity contribution in [2.45, 2.75) is 19.3 Å². The summed E-state index contributed by atoms with van der Waals surface area (Å²) in [5, 5.41) is 9.16. The van der Waals surface area contributed by atoms with Crippen LogP contribution in [-0.2, 0) is 5.41 Å². The molecule has 4 nitrogen and oxygen atoms in total. The fourth-order valence-corrected chi connectivity index (χ4v) is 1.87. The molecule has 1 heterocycles. The molecule has 0 N–H and O–H groups in total. The smallest absolute Gasteiger partial charge is 0.132 e. The Morgan fingerprint density at radius 2 is 1.75 bits per heavy atom. The van der Waals surface area contributed by atoms with Crippen molar-refractivity contribution >= 4 is 5.82 Å². The SMILES string of the molecule is CN(C)c1cc(-c2ccc(C(C)(C)C#N)cc2)ncn1. The minimum Gasteiger partial charge on any atom is -0.363 e. The monoisotopic (exact) mass is 266 g/mol. The zero-order valence-electron chi connectivity index (χ0n) is 12.3. The Hall–Kier alpha value is -2.41. The van der Waals surface area contributed by atoms with E-state index >= 15 is 0 Å². The number of rotatable bonds is 3. The van der Waals surface area contributed by atoms with E-state index in [0.29, 0.717) is 0 Å². The van der Waals surface area contributed by atoms with Gasteiger partial charge >= 0.3 is 0 Å². The van der Waals surface area contributed by atoms with E-state index < -0.39 is 5.41 Å². The highest BCUT2D eigenvalue weighted by molar-refractivity contribution is 5.63. The van der Waals surface area contributed by atoms with Crippen LogP contribution in [0.3, 0.4) is 0 Å². The fraction of sp³-hybridized carbons (Fsp3) is 0.312. The third-order valence-electron chi connectivity index (χ3n) is 3.29. The fourth-order valence-electron chi connectivity index (χ4n) is 1.87.